The number of aromatic hydroxyl groups is 1. The number of hydrogen-bond donors (Lipinski definition) is 4. The summed E-state index contributed by atoms with van der Waals surface area (Å²) in [6.07, 6.45) is 1.99. The number of carbonyl (C=O) groups excluding carboxylic acids is 1. The van der Waals surface area contributed by atoms with Gasteiger partial charge in [-0.15, -0.1) is 0 Å². The topological polar surface area (TPSA) is 95.0 Å². The number of hydrazine groups is 1. The number of nitrogens with one attached hydrogen (secondary N) is 3. The monoisotopic (exact) mass is 354 g/mol. The Morgan fingerprint density at radius 3 is 2.85 bits per heavy atom. The molecule has 0 aromatic heterocycles. The molecule has 3 rings (SSSR count). The summed E-state index contributed by atoms with van der Waals surface area (Å²) in [5.41, 5.74) is 10.2. The molecule has 0 saturated carbocycles. The number of hydrogen-bond acceptors (Lipinski definition) is 6. The predicted molar refractivity (Wildman–Crippen MR) is 98.9 cm³/mol. The first-order chi connectivity index (χ1) is 12.7. The molecule has 2 unspecified atom stereocenters. The smallest absolute Gasteiger partial charge is 0.258 e. The van der Waals surface area contributed by atoms with Gasteiger partial charge in [-0.1, -0.05) is 30.3 Å². The molecule has 2 aromatic carbocycles. The molecule has 1 aliphatic heterocycles. The van der Waals surface area contributed by atoms with E-state index < -0.39 is 6.04 Å². The normalized spacial score (nSPS) is 19.6. The molecule has 0 bridgehead atoms. The molecule has 7 heteroatoms. The van der Waals surface area contributed by atoms with Gasteiger partial charge in [0.1, 0.15) is 17.5 Å². The molecule has 1 heterocycles. The van der Waals surface area contributed by atoms with Crippen LogP contribution >= 0.6 is 0 Å². The molecule has 0 aliphatic carbocycles. The highest BCUT2D eigenvalue weighted by Crippen LogP contribution is 2.30. The Morgan fingerprint density at radius 2 is 2.04 bits per heavy atom. The highest BCUT2D eigenvalue weighted by atomic mass is 16.5. The molecule has 2 atom stereocenters. The number of ether oxygens (including phenoxy) is 1. The molecular formula is C19H22N4O3. The number of nitrogens with zero attached hydrogens (tertiary/aromatic N) is 1. The second-order valence-electron chi connectivity index (χ2n) is 5.89. The molecule has 1 saturated heterocycles. The molecule has 0 spiro atoms. The van der Waals surface area contributed by atoms with Crippen molar-refractivity contribution in [3.63, 3.8) is 0 Å². The number of rotatable bonds is 6. The van der Waals surface area contributed by atoms with E-state index in [1.54, 1.807) is 24.3 Å². The zero-order chi connectivity index (χ0) is 18.4. The lowest BCUT2D eigenvalue weighted by molar-refractivity contribution is -0.122. The molecule has 0 radical (unpaired) electrons. The van der Waals surface area contributed by atoms with Crippen LogP contribution in [0.5, 0.6) is 11.5 Å². The lowest BCUT2D eigenvalue weighted by Gasteiger charge is -2.15. The first-order valence-electron chi connectivity index (χ1n) is 8.52. The standard InChI is InChI=1S/C19H22N4O3/c1-2-26-18-10-6-4-8-14(18)15-11-16(22-21-15)19(25)23-20-12-13-7-3-5-9-17(13)24/h3-10,12,15-16,21-22,24H,2,11H2,1H3,(H,23,25)/b20-12+. The third-order valence-electron chi connectivity index (χ3n) is 4.13. The summed E-state index contributed by atoms with van der Waals surface area (Å²) in [6, 6.07) is 14.1. The van der Waals surface area contributed by atoms with E-state index in [4.69, 9.17) is 4.74 Å². The minimum absolute atomic E-state index is 0.0318. The van der Waals surface area contributed by atoms with Crippen LogP contribution in [0.1, 0.15) is 30.5 Å². The van der Waals surface area contributed by atoms with Crippen LogP contribution in [-0.2, 0) is 4.79 Å². The van der Waals surface area contributed by atoms with Crippen LogP contribution in [0.4, 0.5) is 0 Å². The van der Waals surface area contributed by atoms with Crippen LogP contribution < -0.4 is 21.0 Å². The molecule has 2 aromatic rings. The van der Waals surface area contributed by atoms with Crippen molar-refractivity contribution in [2.45, 2.75) is 25.4 Å². The van der Waals surface area contributed by atoms with Gasteiger partial charge in [0.25, 0.3) is 5.91 Å². The highest BCUT2D eigenvalue weighted by molar-refractivity contribution is 5.86. The van der Waals surface area contributed by atoms with Crippen molar-refractivity contribution in [3.05, 3.63) is 59.7 Å². The highest BCUT2D eigenvalue weighted by Gasteiger charge is 2.31. The quantitative estimate of drug-likeness (QED) is 0.469. The largest absolute Gasteiger partial charge is 0.507 e. The van der Waals surface area contributed by atoms with Crippen molar-refractivity contribution in [2.24, 2.45) is 5.10 Å². The number of amides is 1. The van der Waals surface area contributed by atoms with Gasteiger partial charge >= 0.3 is 0 Å². The Kier molecular flexibility index (Phi) is 5.83. The van der Waals surface area contributed by atoms with E-state index in [1.807, 2.05) is 31.2 Å². The third kappa shape index (κ3) is 4.19. The van der Waals surface area contributed by atoms with Gasteiger partial charge in [-0.05, 0) is 31.5 Å². The number of benzene rings is 2. The Balaban J connectivity index is 1.59. The molecule has 7 nitrogen and oxygen atoms in total. The maximum atomic E-state index is 12.3. The Hall–Kier alpha value is -2.90. The van der Waals surface area contributed by atoms with Gasteiger partial charge in [-0.25, -0.2) is 16.3 Å². The maximum Gasteiger partial charge on any atom is 0.258 e. The Morgan fingerprint density at radius 1 is 1.27 bits per heavy atom. The average Bonchev–Trinajstić information content (AvgIpc) is 3.14. The fraction of sp³-hybridized carbons (Fsp3) is 0.263. The minimum Gasteiger partial charge on any atom is -0.507 e. The molecule has 136 valence electrons. The summed E-state index contributed by atoms with van der Waals surface area (Å²) in [6.45, 7) is 2.53. The predicted octanol–water partition coefficient (Wildman–Crippen LogP) is 1.85. The molecule has 1 amide bonds. The van der Waals surface area contributed by atoms with Crippen LogP contribution in [-0.4, -0.2) is 29.9 Å². The number of phenols is 1. The fourth-order valence-electron chi connectivity index (χ4n) is 2.83. The van der Waals surface area contributed by atoms with Gasteiger partial charge in [0, 0.05) is 11.1 Å². The molecule has 1 aliphatic rings. The van der Waals surface area contributed by atoms with Crippen LogP contribution in [0.25, 0.3) is 0 Å². The van der Waals surface area contributed by atoms with E-state index in [9.17, 15) is 9.90 Å². The summed E-state index contributed by atoms with van der Waals surface area (Å²) in [4.78, 5) is 12.3. The summed E-state index contributed by atoms with van der Waals surface area (Å²) < 4.78 is 5.65. The number of para-hydroxylation sites is 2. The average molecular weight is 354 g/mol. The van der Waals surface area contributed by atoms with Crippen molar-refractivity contribution in [1.29, 1.82) is 0 Å². The number of carbonyl (C=O) groups is 1. The molecular weight excluding hydrogens is 332 g/mol. The van der Waals surface area contributed by atoms with E-state index in [0.717, 1.165) is 11.3 Å². The number of phenolic OH excluding ortho intramolecular Hbond substituents is 1. The van der Waals surface area contributed by atoms with Crippen molar-refractivity contribution in [1.82, 2.24) is 16.3 Å². The van der Waals surface area contributed by atoms with Gasteiger partial charge in [0.2, 0.25) is 0 Å². The van der Waals surface area contributed by atoms with Crippen molar-refractivity contribution in [2.75, 3.05) is 6.61 Å². The van der Waals surface area contributed by atoms with E-state index in [1.165, 1.54) is 6.21 Å². The minimum atomic E-state index is -0.420. The second kappa shape index (κ2) is 8.46. The van der Waals surface area contributed by atoms with E-state index in [2.05, 4.69) is 21.4 Å². The van der Waals surface area contributed by atoms with Gasteiger partial charge in [-0.3, -0.25) is 4.79 Å². The molecule has 4 N–H and O–H groups in total. The number of hydrazone groups is 1. The van der Waals surface area contributed by atoms with Crippen molar-refractivity contribution < 1.29 is 14.6 Å². The summed E-state index contributed by atoms with van der Waals surface area (Å²) in [7, 11) is 0. The molecule has 1 fully saturated rings. The van der Waals surface area contributed by atoms with Crippen LogP contribution in [0.15, 0.2) is 53.6 Å². The van der Waals surface area contributed by atoms with Crippen molar-refractivity contribution >= 4 is 12.1 Å². The summed E-state index contributed by atoms with van der Waals surface area (Å²) >= 11 is 0. The summed E-state index contributed by atoms with van der Waals surface area (Å²) in [5, 5.41) is 13.6. The SMILES string of the molecule is CCOc1ccccc1C1CC(C(=O)N/N=C/c2ccccc2O)NN1. The van der Waals surface area contributed by atoms with E-state index in [0.29, 0.717) is 18.6 Å². The summed E-state index contributed by atoms with van der Waals surface area (Å²) in [5.74, 6) is 0.673. The van der Waals surface area contributed by atoms with E-state index >= 15 is 0 Å². The van der Waals surface area contributed by atoms with Gasteiger partial charge in [-0.2, -0.15) is 5.10 Å². The van der Waals surface area contributed by atoms with E-state index in [-0.39, 0.29) is 17.7 Å². The first-order valence-corrected chi connectivity index (χ1v) is 8.52. The Bertz CT molecular complexity index is 794. The Labute approximate surface area is 152 Å². The van der Waals surface area contributed by atoms with Gasteiger partial charge in [0.15, 0.2) is 0 Å². The fourth-order valence-corrected chi connectivity index (χ4v) is 2.83. The lowest BCUT2D eigenvalue weighted by atomic mass is 10.0. The van der Waals surface area contributed by atoms with Crippen LogP contribution in [0.3, 0.4) is 0 Å². The van der Waals surface area contributed by atoms with Gasteiger partial charge in [0.05, 0.1) is 18.9 Å². The lowest BCUT2D eigenvalue weighted by Crippen LogP contribution is -2.41. The second-order valence-corrected chi connectivity index (χ2v) is 5.89. The van der Waals surface area contributed by atoms with Crippen molar-refractivity contribution in [3.8, 4) is 11.5 Å². The zero-order valence-electron chi connectivity index (χ0n) is 14.5. The van der Waals surface area contributed by atoms with Crippen LogP contribution in [0.2, 0.25) is 0 Å². The first kappa shape index (κ1) is 17.9. The van der Waals surface area contributed by atoms with Gasteiger partial charge < -0.3 is 9.84 Å². The zero-order valence-corrected chi connectivity index (χ0v) is 14.5. The maximum absolute atomic E-state index is 12.3. The third-order valence-corrected chi connectivity index (χ3v) is 4.13. The van der Waals surface area contributed by atoms with Crippen LogP contribution in [0, 0.1) is 0 Å². The molecule has 26 heavy (non-hydrogen) atoms.